The minimum atomic E-state index is -0.214. The van der Waals surface area contributed by atoms with Gasteiger partial charge in [-0.25, -0.2) is 0 Å². The molecule has 1 unspecified atom stereocenters. The van der Waals surface area contributed by atoms with Crippen molar-refractivity contribution in [3.05, 3.63) is 65.5 Å². The highest BCUT2D eigenvalue weighted by Gasteiger charge is 2.16. The Labute approximate surface area is 137 Å². The Kier molecular flexibility index (Phi) is 6.26. The number of ether oxygens (including phenoxy) is 1. The van der Waals surface area contributed by atoms with E-state index in [0.29, 0.717) is 0 Å². The molecule has 122 valence electrons. The van der Waals surface area contributed by atoms with E-state index in [9.17, 15) is 4.79 Å². The lowest BCUT2D eigenvalue weighted by Crippen LogP contribution is -2.32. The number of nitrogens with zero attached hydrogens (tertiary/aromatic N) is 2. The molecule has 5 heteroatoms. The quantitative estimate of drug-likeness (QED) is 0.849. The molecule has 0 bridgehead atoms. The molecule has 2 rings (SSSR count). The van der Waals surface area contributed by atoms with Crippen LogP contribution in [0.5, 0.6) is 0 Å². The van der Waals surface area contributed by atoms with E-state index in [1.54, 1.807) is 12.4 Å². The second-order valence-corrected chi connectivity index (χ2v) is 5.69. The largest absolute Gasteiger partial charge is 0.375 e. The number of amides is 1. The van der Waals surface area contributed by atoms with E-state index < -0.39 is 0 Å². The van der Waals surface area contributed by atoms with Crippen molar-refractivity contribution in [3.63, 3.8) is 0 Å². The molecular formula is C18H23N3O2. The Morgan fingerprint density at radius 1 is 1.13 bits per heavy atom. The molecule has 0 radical (unpaired) electrons. The summed E-state index contributed by atoms with van der Waals surface area (Å²) in [7, 11) is 5.59. The maximum Gasteiger partial charge on any atom is 0.246 e. The number of pyridine rings is 1. The molecule has 23 heavy (non-hydrogen) atoms. The zero-order valence-electron chi connectivity index (χ0n) is 13.8. The number of carbonyl (C=O) groups is 1. The van der Waals surface area contributed by atoms with Crippen LogP contribution in [0.15, 0.2) is 48.8 Å². The predicted molar refractivity (Wildman–Crippen MR) is 89.9 cm³/mol. The summed E-state index contributed by atoms with van der Waals surface area (Å²) in [4.78, 5) is 18.1. The number of benzene rings is 1. The molecule has 1 amide bonds. The maximum atomic E-state index is 12.0. The van der Waals surface area contributed by atoms with Crippen LogP contribution < -0.4 is 5.32 Å². The second kappa shape index (κ2) is 8.41. The topological polar surface area (TPSA) is 54.5 Å². The number of hydrogen-bond acceptors (Lipinski definition) is 4. The van der Waals surface area contributed by atoms with Gasteiger partial charge in [-0.15, -0.1) is 0 Å². The highest BCUT2D eigenvalue weighted by Crippen LogP contribution is 2.22. The van der Waals surface area contributed by atoms with Crippen LogP contribution in [0, 0.1) is 0 Å². The van der Waals surface area contributed by atoms with E-state index in [1.165, 1.54) is 12.7 Å². The molecule has 0 fully saturated rings. The number of aromatic nitrogens is 1. The van der Waals surface area contributed by atoms with Gasteiger partial charge in [0.1, 0.15) is 6.61 Å². The highest BCUT2D eigenvalue weighted by molar-refractivity contribution is 5.78. The fraction of sp³-hybridized carbons (Fsp3) is 0.333. The molecule has 0 aliphatic heterocycles. The molecular weight excluding hydrogens is 290 g/mol. The molecule has 0 aliphatic rings. The summed E-state index contributed by atoms with van der Waals surface area (Å²) in [5.41, 5.74) is 3.25. The minimum Gasteiger partial charge on any atom is -0.375 e. The normalized spacial score (nSPS) is 12.2. The van der Waals surface area contributed by atoms with Crippen LogP contribution in [-0.2, 0) is 16.1 Å². The highest BCUT2D eigenvalue weighted by atomic mass is 16.5. The fourth-order valence-electron chi connectivity index (χ4n) is 2.43. The summed E-state index contributed by atoms with van der Waals surface area (Å²) in [6, 6.07) is 11.9. The van der Waals surface area contributed by atoms with Crippen molar-refractivity contribution in [3.8, 4) is 0 Å². The Morgan fingerprint density at radius 2 is 1.74 bits per heavy atom. The summed E-state index contributed by atoms with van der Waals surface area (Å²) in [5, 5.41) is 3.01. The average molecular weight is 313 g/mol. The van der Waals surface area contributed by atoms with E-state index in [2.05, 4.69) is 39.5 Å². The van der Waals surface area contributed by atoms with Gasteiger partial charge in [-0.05, 0) is 42.9 Å². The third-order valence-electron chi connectivity index (χ3n) is 3.43. The van der Waals surface area contributed by atoms with Crippen molar-refractivity contribution in [2.75, 3.05) is 27.8 Å². The van der Waals surface area contributed by atoms with Crippen LogP contribution >= 0.6 is 0 Å². The Bertz CT molecular complexity index is 612. The number of nitrogens with one attached hydrogen (secondary N) is 1. The summed E-state index contributed by atoms with van der Waals surface area (Å²) in [6.07, 6.45) is 3.45. The molecule has 1 atom stereocenters. The van der Waals surface area contributed by atoms with Crippen molar-refractivity contribution in [2.24, 2.45) is 0 Å². The van der Waals surface area contributed by atoms with Gasteiger partial charge in [0.05, 0.1) is 6.04 Å². The van der Waals surface area contributed by atoms with Crippen molar-refractivity contribution >= 4 is 5.91 Å². The first-order chi connectivity index (χ1) is 11.1. The van der Waals surface area contributed by atoms with Gasteiger partial charge in [0.25, 0.3) is 0 Å². The van der Waals surface area contributed by atoms with Crippen molar-refractivity contribution in [1.29, 1.82) is 0 Å². The van der Waals surface area contributed by atoms with Crippen LogP contribution in [0.25, 0.3) is 0 Å². The van der Waals surface area contributed by atoms with Crippen molar-refractivity contribution in [1.82, 2.24) is 15.2 Å². The van der Waals surface area contributed by atoms with Gasteiger partial charge in [-0.3, -0.25) is 9.78 Å². The van der Waals surface area contributed by atoms with Crippen molar-refractivity contribution in [2.45, 2.75) is 12.6 Å². The number of methoxy groups -OCH3 is 1. The lowest BCUT2D eigenvalue weighted by molar-refractivity contribution is -0.125. The van der Waals surface area contributed by atoms with Gasteiger partial charge < -0.3 is 15.0 Å². The standard InChI is InChI=1S/C18H23N3O2/c1-21(2)12-14-4-6-15(7-5-14)18(20-17(22)13-23-3)16-8-10-19-11-9-16/h4-11,18H,12-13H2,1-3H3,(H,20,22). The molecule has 1 heterocycles. The third kappa shape index (κ3) is 5.16. The molecule has 1 aromatic carbocycles. The fourth-order valence-corrected chi connectivity index (χ4v) is 2.43. The summed E-state index contributed by atoms with van der Waals surface area (Å²) in [5.74, 6) is -0.147. The number of carbonyl (C=O) groups excluding carboxylic acids is 1. The third-order valence-corrected chi connectivity index (χ3v) is 3.43. The summed E-state index contributed by atoms with van der Waals surface area (Å²) in [6.45, 7) is 0.927. The first-order valence-corrected chi connectivity index (χ1v) is 7.52. The van der Waals surface area contributed by atoms with Gasteiger partial charge in [0, 0.05) is 26.0 Å². The van der Waals surface area contributed by atoms with Crippen molar-refractivity contribution < 1.29 is 9.53 Å². The van der Waals surface area contributed by atoms with Gasteiger partial charge in [-0.2, -0.15) is 0 Å². The van der Waals surface area contributed by atoms with Gasteiger partial charge in [0.2, 0.25) is 5.91 Å². The lowest BCUT2D eigenvalue weighted by Gasteiger charge is -2.20. The van der Waals surface area contributed by atoms with Crippen LogP contribution in [0.1, 0.15) is 22.7 Å². The van der Waals surface area contributed by atoms with E-state index in [4.69, 9.17) is 4.74 Å². The maximum absolute atomic E-state index is 12.0. The van der Waals surface area contributed by atoms with Gasteiger partial charge in [0.15, 0.2) is 0 Å². The summed E-state index contributed by atoms with van der Waals surface area (Å²) < 4.78 is 4.91. The molecule has 0 aliphatic carbocycles. The predicted octanol–water partition coefficient (Wildman–Crippen LogP) is 2.00. The molecule has 0 saturated heterocycles. The molecule has 2 aromatic rings. The van der Waals surface area contributed by atoms with E-state index >= 15 is 0 Å². The Morgan fingerprint density at radius 3 is 2.30 bits per heavy atom. The smallest absolute Gasteiger partial charge is 0.246 e. The van der Waals surface area contributed by atoms with Crippen LogP contribution in [0.3, 0.4) is 0 Å². The molecule has 1 aromatic heterocycles. The SMILES string of the molecule is COCC(=O)NC(c1ccncc1)c1ccc(CN(C)C)cc1. The van der Waals surface area contributed by atoms with Gasteiger partial charge in [-0.1, -0.05) is 24.3 Å². The molecule has 1 N–H and O–H groups in total. The van der Waals surface area contributed by atoms with E-state index in [1.807, 2.05) is 26.2 Å². The first kappa shape index (κ1) is 17.1. The molecule has 0 spiro atoms. The van der Waals surface area contributed by atoms with Gasteiger partial charge >= 0.3 is 0 Å². The zero-order valence-corrected chi connectivity index (χ0v) is 13.8. The Balaban J connectivity index is 2.24. The number of rotatable bonds is 7. The minimum absolute atomic E-state index is 0.0420. The summed E-state index contributed by atoms with van der Waals surface area (Å²) >= 11 is 0. The average Bonchev–Trinajstić information content (AvgIpc) is 2.54. The van der Waals surface area contributed by atoms with E-state index in [-0.39, 0.29) is 18.6 Å². The monoisotopic (exact) mass is 313 g/mol. The molecule has 0 saturated carbocycles. The second-order valence-electron chi connectivity index (χ2n) is 5.69. The van der Waals surface area contributed by atoms with E-state index in [0.717, 1.165) is 17.7 Å². The lowest BCUT2D eigenvalue weighted by atomic mass is 9.98. The van der Waals surface area contributed by atoms with Crippen LogP contribution in [-0.4, -0.2) is 43.6 Å². The van der Waals surface area contributed by atoms with Crippen LogP contribution in [0.4, 0.5) is 0 Å². The first-order valence-electron chi connectivity index (χ1n) is 7.52. The Hall–Kier alpha value is -2.24. The van der Waals surface area contributed by atoms with Crippen LogP contribution in [0.2, 0.25) is 0 Å². The number of hydrogen-bond donors (Lipinski definition) is 1. The zero-order chi connectivity index (χ0) is 16.7. The molecule has 5 nitrogen and oxygen atoms in total.